The third-order valence-corrected chi connectivity index (χ3v) is 5.25. The van der Waals surface area contributed by atoms with E-state index < -0.39 is 0 Å². The first-order chi connectivity index (χ1) is 12.5. The molecule has 2 aromatic heterocycles. The van der Waals surface area contributed by atoms with Gasteiger partial charge in [0.2, 0.25) is 5.91 Å². The van der Waals surface area contributed by atoms with Gasteiger partial charge in [0.15, 0.2) is 5.78 Å². The standard InChI is InChI=1S/C20H22N4O2/c1-12-20(14(3)25)13(2)24(22-12)11-19(26)23-9-8-18-16(10-23)15-6-4-5-7-17(15)21-18/h4-7,21H,8-11H2,1-3H3. The van der Waals surface area contributed by atoms with Gasteiger partial charge in [0, 0.05) is 47.4 Å². The summed E-state index contributed by atoms with van der Waals surface area (Å²) in [6.07, 6.45) is 0.825. The Morgan fingerprint density at radius 1 is 1.23 bits per heavy atom. The summed E-state index contributed by atoms with van der Waals surface area (Å²) in [5.74, 6) is 0.0155. The average Bonchev–Trinajstić information content (AvgIpc) is 3.11. The molecule has 0 spiro atoms. The summed E-state index contributed by atoms with van der Waals surface area (Å²) in [6.45, 7) is 6.65. The smallest absolute Gasteiger partial charge is 0.244 e. The lowest BCUT2D eigenvalue weighted by atomic mass is 10.0. The number of aryl methyl sites for hydroxylation is 1. The fourth-order valence-electron chi connectivity index (χ4n) is 3.97. The minimum atomic E-state index is -0.0138. The largest absolute Gasteiger partial charge is 0.358 e. The number of nitrogens with one attached hydrogen (secondary N) is 1. The second-order valence-corrected chi connectivity index (χ2v) is 6.95. The SMILES string of the molecule is CC(=O)c1c(C)nn(CC(=O)N2CCc3[nH]c4ccccc4c3C2)c1C. The van der Waals surface area contributed by atoms with Crippen LogP contribution in [0.25, 0.3) is 10.9 Å². The van der Waals surface area contributed by atoms with Crippen LogP contribution in [0.3, 0.4) is 0 Å². The molecule has 0 saturated heterocycles. The van der Waals surface area contributed by atoms with Crippen LogP contribution in [0, 0.1) is 13.8 Å². The van der Waals surface area contributed by atoms with Crippen molar-refractivity contribution in [2.45, 2.75) is 40.3 Å². The molecule has 0 saturated carbocycles. The van der Waals surface area contributed by atoms with E-state index in [0.717, 1.165) is 17.6 Å². The molecule has 0 aliphatic carbocycles. The van der Waals surface area contributed by atoms with Crippen LogP contribution in [0.4, 0.5) is 0 Å². The van der Waals surface area contributed by atoms with Crippen molar-refractivity contribution < 1.29 is 9.59 Å². The quantitative estimate of drug-likeness (QED) is 0.739. The Morgan fingerprint density at radius 3 is 2.73 bits per heavy atom. The zero-order valence-corrected chi connectivity index (χ0v) is 15.3. The van der Waals surface area contributed by atoms with Crippen molar-refractivity contribution in [2.75, 3.05) is 6.54 Å². The number of fused-ring (bicyclic) bond motifs is 3. The molecule has 4 rings (SSSR count). The molecule has 3 heterocycles. The Balaban J connectivity index is 1.57. The van der Waals surface area contributed by atoms with Crippen molar-refractivity contribution in [3.63, 3.8) is 0 Å². The molecule has 3 aromatic rings. The number of aromatic nitrogens is 3. The third-order valence-electron chi connectivity index (χ3n) is 5.25. The number of hydrogen-bond acceptors (Lipinski definition) is 3. The molecular weight excluding hydrogens is 328 g/mol. The highest BCUT2D eigenvalue weighted by Crippen LogP contribution is 2.27. The van der Waals surface area contributed by atoms with E-state index in [1.54, 1.807) is 4.68 Å². The van der Waals surface area contributed by atoms with Gasteiger partial charge < -0.3 is 9.88 Å². The molecule has 0 unspecified atom stereocenters. The van der Waals surface area contributed by atoms with Crippen molar-refractivity contribution in [3.8, 4) is 0 Å². The summed E-state index contributed by atoms with van der Waals surface area (Å²) in [7, 11) is 0. The van der Waals surface area contributed by atoms with Crippen LogP contribution in [-0.2, 0) is 24.3 Å². The Hall–Kier alpha value is -2.89. The van der Waals surface area contributed by atoms with Gasteiger partial charge in [-0.25, -0.2) is 0 Å². The Labute approximate surface area is 151 Å². The van der Waals surface area contributed by atoms with Crippen molar-refractivity contribution in [1.82, 2.24) is 19.7 Å². The summed E-state index contributed by atoms with van der Waals surface area (Å²) < 4.78 is 1.65. The number of hydrogen-bond donors (Lipinski definition) is 1. The lowest BCUT2D eigenvalue weighted by Gasteiger charge is -2.27. The molecular formula is C20H22N4O2. The van der Waals surface area contributed by atoms with Crippen LogP contribution >= 0.6 is 0 Å². The summed E-state index contributed by atoms with van der Waals surface area (Å²) in [4.78, 5) is 30.0. The number of nitrogens with zero attached hydrogens (tertiary/aromatic N) is 3. The number of carbonyl (C=O) groups is 2. The molecule has 26 heavy (non-hydrogen) atoms. The van der Waals surface area contributed by atoms with E-state index in [9.17, 15) is 9.59 Å². The van der Waals surface area contributed by atoms with Gasteiger partial charge in [0.25, 0.3) is 0 Å². The van der Waals surface area contributed by atoms with Crippen molar-refractivity contribution in [3.05, 3.63) is 52.5 Å². The van der Waals surface area contributed by atoms with Gasteiger partial charge in [-0.3, -0.25) is 14.3 Å². The van der Waals surface area contributed by atoms with Gasteiger partial charge >= 0.3 is 0 Å². The average molecular weight is 350 g/mol. The number of benzene rings is 1. The van der Waals surface area contributed by atoms with Crippen molar-refractivity contribution in [2.24, 2.45) is 0 Å². The highest BCUT2D eigenvalue weighted by atomic mass is 16.2. The van der Waals surface area contributed by atoms with Crippen LogP contribution < -0.4 is 0 Å². The summed E-state index contributed by atoms with van der Waals surface area (Å²) >= 11 is 0. The highest BCUT2D eigenvalue weighted by molar-refractivity contribution is 5.96. The van der Waals surface area contributed by atoms with Gasteiger partial charge in [-0.15, -0.1) is 0 Å². The Kier molecular flexibility index (Phi) is 3.90. The van der Waals surface area contributed by atoms with E-state index in [0.29, 0.717) is 24.3 Å². The number of H-pyrrole nitrogens is 1. The molecule has 1 aliphatic rings. The lowest BCUT2D eigenvalue weighted by molar-refractivity contribution is -0.133. The molecule has 0 atom stereocenters. The van der Waals surface area contributed by atoms with Gasteiger partial charge in [-0.05, 0) is 26.8 Å². The van der Waals surface area contributed by atoms with E-state index in [4.69, 9.17) is 0 Å². The van der Waals surface area contributed by atoms with E-state index in [2.05, 4.69) is 22.2 Å². The second kappa shape index (κ2) is 6.12. The Morgan fingerprint density at radius 2 is 2.00 bits per heavy atom. The molecule has 1 N–H and O–H groups in total. The molecule has 0 radical (unpaired) electrons. The fraction of sp³-hybridized carbons (Fsp3) is 0.350. The molecule has 6 nitrogen and oxygen atoms in total. The van der Waals surface area contributed by atoms with Crippen molar-refractivity contribution in [1.29, 1.82) is 0 Å². The fourth-order valence-corrected chi connectivity index (χ4v) is 3.97. The predicted octanol–water partition coefficient (Wildman–Crippen LogP) is 2.77. The number of carbonyl (C=O) groups excluding carboxylic acids is 2. The van der Waals surface area contributed by atoms with Crippen LogP contribution in [-0.4, -0.2) is 37.9 Å². The third kappa shape index (κ3) is 2.62. The molecule has 1 amide bonds. The van der Waals surface area contributed by atoms with Crippen LogP contribution in [0.15, 0.2) is 24.3 Å². The van der Waals surface area contributed by atoms with E-state index in [1.807, 2.05) is 30.9 Å². The number of para-hydroxylation sites is 1. The molecule has 0 bridgehead atoms. The van der Waals surface area contributed by atoms with E-state index in [-0.39, 0.29) is 18.2 Å². The number of rotatable bonds is 3. The molecule has 134 valence electrons. The summed E-state index contributed by atoms with van der Waals surface area (Å²) in [5, 5.41) is 5.58. The van der Waals surface area contributed by atoms with Gasteiger partial charge in [0.05, 0.1) is 11.3 Å². The second-order valence-electron chi connectivity index (χ2n) is 6.95. The number of aromatic amines is 1. The topological polar surface area (TPSA) is 71.0 Å². The number of amides is 1. The van der Waals surface area contributed by atoms with Gasteiger partial charge in [-0.2, -0.15) is 5.10 Å². The van der Waals surface area contributed by atoms with Gasteiger partial charge in [0.1, 0.15) is 6.54 Å². The monoisotopic (exact) mass is 350 g/mol. The maximum Gasteiger partial charge on any atom is 0.244 e. The van der Waals surface area contributed by atoms with Crippen LogP contribution in [0.1, 0.15) is 39.9 Å². The van der Waals surface area contributed by atoms with E-state index >= 15 is 0 Å². The first-order valence-electron chi connectivity index (χ1n) is 8.87. The molecule has 0 fully saturated rings. The van der Waals surface area contributed by atoms with Crippen LogP contribution in [0.5, 0.6) is 0 Å². The minimum Gasteiger partial charge on any atom is -0.358 e. The Bertz CT molecular complexity index is 1030. The van der Waals surface area contributed by atoms with E-state index in [1.165, 1.54) is 23.6 Å². The lowest BCUT2D eigenvalue weighted by Crippen LogP contribution is -2.38. The highest BCUT2D eigenvalue weighted by Gasteiger charge is 2.25. The minimum absolute atomic E-state index is 0.0138. The zero-order valence-electron chi connectivity index (χ0n) is 15.3. The maximum atomic E-state index is 12.8. The van der Waals surface area contributed by atoms with Gasteiger partial charge in [-0.1, -0.05) is 18.2 Å². The summed E-state index contributed by atoms with van der Waals surface area (Å²) in [5.41, 5.74) is 5.61. The predicted molar refractivity (Wildman–Crippen MR) is 99.1 cm³/mol. The molecule has 1 aliphatic heterocycles. The first kappa shape index (κ1) is 16.6. The van der Waals surface area contributed by atoms with Crippen LogP contribution in [0.2, 0.25) is 0 Å². The first-order valence-corrected chi connectivity index (χ1v) is 8.87. The van der Waals surface area contributed by atoms with Crippen molar-refractivity contribution >= 4 is 22.6 Å². The normalized spacial score (nSPS) is 13.9. The molecule has 6 heteroatoms. The summed E-state index contributed by atoms with van der Waals surface area (Å²) in [6, 6.07) is 8.21. The number of Topliss-reactive ketones (excluding diaryl/α,β-unsaturated/α-hetero) is 1. The molecule has 1 aromatic carbocycles. The zero-order chi connectivity index (χ0) is 18.4. The number of ketones is 1. The maximum absolute atomic E-state index is 12.8.